The van der Waals surface area contributed by atoms with Crippen LogP contribution in [0.4, 0.5) is 52.7 Å². The standard InChI is InChI=1S/C11H6Cl2F12N2O2/c12-4-5(13)27(2-7(29,10(20,21)22)11(23,24)25)3-26(4)1-6(28,8(14,15)16)9(17,18)19/h28-29H,1-2H2. The van der Waals surface area contributed by atoms with Gasteiger partial charge in [0, 0.05) is 0 Å². The minimum absolute atomic E-state index is 0.502. The molecule has 0 unspecified atom stereocenters. The number of rotatable bonds is 4. The van der Waals surface area contributed by atoms with E-state index >= 15 is 0 Å². The largest absolute Gasteiger partial charge is 0.428 e. The zero-order valence-electron chi connectivity index (χ0n) is 13.0. The number of alkyl halides is 12. The molecule has 0 aromatic carbocycles. The summed E-state index contributed by atoms with van der Waals surface area (Å²) in [6.45, 7) is -3.94. The molecule has 29 heavy (non-hydrogen) atoms. The summed E-state index contributed by atoms with van der Waals surface area (Å²) in [6.07, 6.45) is -25.5. The highest BCUT2D eigenvalue weighted by Gasteiger charge is 2.73. The number of aliphatic hydroxyl groups is 2. The van der Waals surface area contributed by atoms with Crippen LogP contribution in [-0.4, -0.2) is 69.0 Å². The third-order valence-electron chi connectivity index (χ3n) is 3.54. The molecule has 0 saturated heterocycles. The molecule has 18 heteroatoms. The lowest BCUT2D eigenvalue weighted by Gasteiger charge is -2.37. The normalized spacial score (nSPS) is 18.2. The van der Waals surface area contributed by atoms with Crippen LogP contribution < -0.4 is 0 Å². The monoisotopic (exact) mass is 496 g/mol. The minimum Gasteiger partial charge on any atom is -0.372 e. The lowest BCUT2D eigenvalue weighted by Crippen LogP contribution is -2.63. The van der Waals surface area contributed by atoms with Gasteiger partial charge in [0.2, 0.25) is 6.67 Å². The zero-order valence-corrected chi connectivity index (χ0v) is 14.5. The Labute approximate surface area is 162 Å². The fraction of sp³-hybridized carbons (Fsp3) is 0.727. The smallest absolute Gasteiger partial charge is 0.372 e. The Morgan fingerprint density at radius 2 is 0.793 bits per heavy atom. The number of halogens is 14. The molecule has 0 saturated carbocycles. The lowest BCUT2D eigenvalue weighted by atomic mass is 10.0. The number of hydrogen-bond acceptors (Lipinski definition) is 4. The SMILES string of the molecule is OC(CN1[C]N(CC(O)(C(F)(F)F)C(F)(F)F)C(Cl)=C1Cl)(C(F)(F)F)C(F)(F)F. The predicted octanol–water partition coefficient (Wildman–Crippen LogP) is 3.92. The molecule has 0 aromatic rings. The highest BCUT2D eigenvalue weighted by Crippen LogP contribution is 2.48. The zero-order chi connectivity index (χ0) is 23.4. The first-order valence-corrected chi connectivity index (χ1v) is 7.33. The first-order chi connectivity index (χ1) is 12.5. The van der Waals surface area contributed by atoms with Crippen molar-refractivity contribution in [2.45, 2.75) is 35.9 Å². The van der Waals surface area contributed by atoms with Crippen LogP contribution in [0.3, 0.4) is 0 Å². The molecule has 170 valence electrons. The van der Waals surface area contributed by atoms with Crippen molar-refractivity contribution in [3.8, 4) is 0 Å². The molecule has 1 aliphatic rings. The van der Waals surface area contributed by atoms with E-state index in [0.717, 1.165) is 0 Å². The molecule has 4 nitrogen and oxygen atoms in total. The number of nitrogens with zero attached hydrogens (tertiary/aromatic N) is 2. The van der Waals surface area contributed by atoms with E-state index in [-0.39, 0.29) is 0 Å². The minimum atomic E-state index is -6.39. The number of hydrogen-bond donors (Lipinski definition) is 2. The van der Waals surface area contributed by atoms with E-state index in [1.165, 1.54) is 6.67 Å². The quantitative estimate of drug-likeness (QED) is 0.457. The summed E-state index contributed by atoms with van der Waals surface area (Å²) < 4.78 is 152. The molecule has 0 fully saturated rings. The third kappa shape index (κ3) is 4.54. The molecule has 0 aromatic heterocycles. The fourth-order valence-corrected chi connectivity index (χ4v) is 2.20. The van der Waals surface area contributed by atoms with Crippen LogP contribution in [0.15, 0.2) is 10.3 Å². The Morgan fingerprint density at radius 3 is 0.966 bits per heavy atom. The summed E-state index contributed by atoms with van der Waals surface area (Å²) in [4.78, 5) is -1.00. The summed E-state index contributed by atoms with van der Waals surface area (Å²) in [5.41, 5.74) is -11.0. The maximum Gasteiger partial charge on any atom is 0.428 e. The Balaban J connectivity index is 3.24. The van der Waals surface area contributed by atoms with Gasteiger partial charge in [-0.2, -0.15) is 52.7 Å². The van der Waals surface area contributed by atoms with Gasteiger partial charge in [0.25, 0.3) is 11.2 Å². The molecule has 0 amide bonds. The van der Waals surface area contributed by atoms with Crippen LogP contribution in [-0.2, 0) is 0 Å². The molecule has 1 heterocycles. The maximum absolute atomic E-state index is 12.7. The Morgan fingerprint density at radius 1 is 0.586 bits per heavy atom. The highest BCUT2D eigenvalue weighted by molar-refractivity contribution is 6.39. The van der Waals surface area contributed by atoms with E-state index in [1.807, 2.05) is 0 Å². The van der Waals surface area contributed by atoms with Crippen LogP contribution in [0.2, 0.25) is 0 Å². The van der Waals surface area contributed by atoms with Gasteiger partial charge in [-0.15, -0.1) is 0 Å². The average Bonchev–Trinajstić information content (AvgIpc) is 2.70. The first kappa shape index (κ1) is 26.0. The second kappa shape index (κ2) is 7.30. The fourth-order valence-electron chi connectivity index (χ4n) is 1.80. The highest BCUT2D eigenvalue weighted by atomic mass is 35.5. The molecule has 0 bridgehead atoms. The summed E-state index contributed by atoms with van der Waals surface area (Å²) in [7, 11) is 0. The Hall–Kier alpha value is -1.00. The number of β-amino-alcohol motifs (C(OH)–C–C–N with tert-alkyl or cyclic N) is 2. The van der Waals surface area contributed by atoms with Crippen molar-refractivity contribution in [1.29, 1.82) is 0 Å². The van der Waals surface area contributed by atoms with Crippen molar-refractivity contribution in [2.24, 2.45) is 0 Å². The van der Waals surface area contributed by atoms with Gasteiger partial charge < -0.3 is 20.0 Å². The van der Waals surface area contributed by atoms with E-state index in [2.05, 4.69) is 0 Å². The van der Waals surface area contributed by atoms with Gasteiger partial charge in [-0.3, -0.25) is 0 Å². The molecule has 1 rings (SSSR count). The predicted molar refractivity (Wildman–Crippen MR) is 69.5 cm³/mol. The summed E-state index contributed by atoms with van der Waals surface area (Å²) in [5.74, 6) is 0. The van der Waals surface area contributed by atoms with Gasteiger partial charge in [-0.05, 0) is 0 Å². The van der Waals surface area contributed by atoms with Crippen LogP contribution in [0.25, 0.3) is 0 Å². The van der Waals surface area contributed by atoms with Gasteiger partial charge in [-0.1, -0.05) is 23.2 Å². The molecule has 0 aliphatic carbocycles. The van der Waals surface area contributed by atoms with Crippen molar-refractivity contribution in [3.63, 3.8) is 0 Å². The van der Waals surface area contributed by atoms with Gasteiger partial charge in [0.1, 0.15) is 10.3 Å². The van der Waals surface area contributed by atoms with Gasteiger partial charge >= 0.3 is 24.7 Å². The molecule has 1 aliphatic heterocycles. The second-order valence-corrected chi connectivity index (χ2v) is 6.28. The van der Waals surface area contributed by atoms with Crippen molar-refractivity contribution in [1.82, 2.24) is 9.80 Å². The van der Waals surface area contributed by atoms with Crippen LogP contribution in [0.1, 0.15) is 0 Å². The van der Waals surface area contributed by atoms with E-state index in [9.17, 15) is 52.7 Å². The molecule has 2 N–H and O–H groups in total. The summed E-state index contributed by atoms with van der Waals surface area (Å²) >= 11 is 10.5. The summed E-state index contributed by atoms with van der Waals surface area (Å²) in [5, 5.41) is 15.2. The van der Waals surface area contributed by atoms with Crippen LogP contribution in [0, 0.1) is 6.67 Å². The molecular formula is C11H6Cl2F12N2O2. The topological polar surface area (TPSA) is 46.9 Å². The van der Waals surface area contributed by atoms with Crippen LogP contribution >= 0.6 is 23.2 Å². The molecular weight excluding hydrogens is 491 g/mol. The van der Waals surface area contributed by atoms with E-state index in [1.54, 1.807) is 0 Å². The van der Waals surface area contributed by atoms with Crippen molar-refractivity contribution in [3.05, 3.63) is 17.0 Å². The van der Waals surface area contributed by atoms with Gasteiger partial charge in [-0.25, -0.2) is 0 Å². The first-order valence-electron chi connectivity index (χ1n) is 6.58. The van der Waals surface area contributed by atoms with Gasteiger partial charge in [0.15, 0.2) is 0 Å². The third-order valence-corrected chi connectivity index (χ3v) is 4.40. The molecule has 2 radical (unpaired) electrons. The summed E-state index contributed by atoms with van der Waals surface area (Å²) in [6, 6.07) is 0. The molecule has 0 atom stereocenters. The van der Waals surface area contributed by atoms with Gasteiger partial charge in [0.05, 0.1) is 13.1 Å². The van der Waals surface area contributed by atoms with E-state index in [0.29, 0.717) is 0 Å². The average molecular weight is 497 g/mol. The van der Waals surface area contributed by atoms with Crippen molar-refractivity contribution < 1.29 is 62.9 Å². The van der Waals surface area contributed by atoms with E-state index < -0.39 is 69.1 Å². The van der Waals surface area contributed by atoms with E-state index in [4.69, 9.17) is 33.4 Å². The van der Waals surface area contributed by atoms with Crippen molar-refractivity contribution in [2.75, 3.05) is 13.1 Å². The van der Waals surface area contributed by atoms with Crippen LogP contribution in [0.5, 0.6) is 0 Å². The Kier molecular flexibility index (Phi) is 6.55. The van der Waals surface area contributed by atoms with Crippen molar-refractivity contribution >= 4 is 23.2 Å². The maximum atomic E-state index is 12.7. The molecule has 0 spiro atoms. The lowest BCUT2D eigenvalue weighted by molar-refractivity contribution is -0.370. The Bertz CT molecular complexity index is 572. The second-order valence-electron chi connectivity index (χ2n) is 5.57.